The van der Waals surface area contributed by atoms with Crippen LogP contribution in [0.4, 0.5) is 0 Å². The molecule has 51 heavy (non-hydrogen) atoms. The molecule has 264 valence electrons. The zero-order valence-electron chi connectivity index (χ0n) is 30.3. The Balaban J connectivity index is 0.000000205. The summed E-state index contributed by atoms with van der Waals surface area (Å²) in [5.41, 5.74) is 10.1. The zero-order valence-corrected chi connectivity index (χ0v) is 35.8. The van der Waals surface area contributed by atoms with Crippen molar-refractivity contribution in [3.63, 3.8) is 0 Å². The Morgan fingerprint density at radius 3 is 1.18 bits per heavy atom. The second kappa shape index (κ2) is 21.9. The number of hydrogen-bond donors (Lipinski definition) is 0. The number of benzene rings is 3. The van der Waals surface area contributed by atoms with Gasteiger partial charge in [0.25, 0.3) is 0 Å². The SMILES string of the molecule is CC(C)Cc1ccnc(-c2[c-]ccc(Br)c2)c1.CC(C)Cc1ccnc(-c2[c-]ccc(Br)c2)c1.CC(C)Cc1ccnc(-c2[c-]cccc2)c1.[Ir+3]. The summed E-state index contributed by atoms with van der Waals surface area (Å²) in [6, 6.07) is 42.2. The van der Waals surface area contributed by atoms with Crippen LogP contribution in [0, 0.1) is 36.0 Å². The van der Waals surface area contributed by atoms with E-state index >= 15 is 0 Å². The molecule has 0 fully saturated rings. The first-order valence-electron chi connectivity index (χ1n) is 17.2. The fourth-order valence-electron chi connectivity index (χ4n) is 5.39. The van der Waals surface area contributed by atoms with Crippen LogP contribution < -0.4 is 0 Å². The van der Waals surface area contributed by atoms with Crippen LogP contribution in [0.1, 0.15) is 58.2 Å². The van der Waals surface area contributed by atoms with Gasteiger partial charge in [-0.05, 0) is 72.3 Å². The van der Waals surface area contributed by atoms with Crippen LogP contribution in [0.3, 0.4) is 0 Å². The van der Waals surface area contributed by atoms with Gasteiger partial charge < -0.3 is 15.0 Å². The Bertz CT molecular complexity index is 1810. The first-order valence-corrected chi connectivity index (χ1v) is 18.8. The number of nitrogens with zero attached hydrogens (tertiary/aromatic N) is 3. The van der Waals surface area contributed by atoms with Crippen molar-refractivity contribution in [2.45, 2.75) is 60.8 Å². The Labute approximate surface area is 336 Å². The molecule has 0 spiro atoms. The second-order valence-electron chi connectivity index (χ2n) is 13.6. The van der Waals surface area contributed by atoms with Gasteiger partial charge in [-0.2, -0.15) is 0 Å². The van der Waals surface area contributed by atoms with Crippen molar-refractivity contribution in [2.75, 3.05) is 0 Å². The van der Waals surface area contributed by atoms with E-state index in [-0.39, 0.29) is 20.1 Å². The van der Waals surface area contributed by atoms with Gasteiger partial charge in [-0.3, -0.25) is 0 Å². The van der Waals surface area contributed by atoms with Crippen LogP contribution in [0.15, 0.2) is 125 Å². The molecule has 0 radical (unpaired) electrons. The van der Waals surface area contributed by atoms with Gasteiger partial charge in [0.1, 0.15) is 0 Å². The molecule has 0 bridgehead atoms. The van der Waals surface area contributed by atoms with Gasteiger partial charge in [0.15, 0.2) is 0 Å². The summed E-state index contributed by atoms with van der Waals surface area (Å²) in [6.07, 6.45) is 8.91. The third-order valence-corrected chi connectivity index (χ3v) is 8.46. The summed E-state index contributed by atoms with van der Waals surface area (Å²) in [6.45, 7) is 13.4. The molecule has 3 heterocycles. The average Bonchev–Trinajstić information content (AvgIpc) is 3.09. The van der Waals surface area contributed by atoms with E-state index < -0.39 is 0 Å². The number of aromatic nitrogens is 3. The van der Waals surface area contributed by atoms with E-state index in [0.29, 0.717) is 17.8 Å². The Morgan fingerprint density at radius 2 is 0.843 bits per heavy atom. The van der Waals surface area contributed by atoms with Crippen LogP contribution in [-0.2, 0) is 39.4 Å². The number of hydrogen-bond acceptors (Lipinski definition) is 3. The van der Waals surface area contributed by atoms with Crippen molar-refractivity contribution in [3.05, 3.63) is 159 Å². The number of rotatable bonds is 9. The summed E-state index contributed by atoms with van der Waals surface area (Å²) in [4.78, 5) is 13.2. The molecule has 6 aromatic rings. The zero-order chi connectivity index (χ0) is 35.9. The van der Waals surface area contributed by atoms with E-state index in [1.807, 2.05) is 79.3 Å². The van der Waals surface area contributed by atoms with Crippen LogP contribution in [0.2, 0.25) is 0 Å². The van der Waals surface area contributed by atoms with Crippen molar-refractivity contribution in [1.29, 1.82) is 0 Å². The summed E-state index contributed by atoms with van der Waals surface area (Å²) in [5.74, 6) is 2.00. The topological polar surface area (TPSA) is 38.7 Å². The maximum absolute atomic E-state index is 4.41. The maximum atomic E-state index is 4.41. The van der Waals surface area contributed by atoms with Crippen molar-refractivity contribution >= 4 is 31.9 Å². The van der Waals surface area contributed by atoms with Gasteiger partial charge in [0, 0.05) is 18.6 Å². The molecule has 0 aliphatic rings. The van der Waals surface area contributed by atoms with Crippen LogP contribution in [0.5, 0.6) is 0 Å². The van der Waals surface area contributed by atoms with Gasteiger partial charge in [-0.25, -0.2) is 0 Å². The fourth-order valence-corrected chi connectivity index (χ4v) is 6.11. The molecule has 0 unspecified atom stereocenters. The second-order valence-corrected chi connectivity index (χ2v) is 15.4. The van der Waals surface area contributed by atoms with Gasteiger partial charge in [-0.15, -0.1) is 95.6 Å². The molecule has 0 aliphatic heterocycles. The van der Waals surface area contributed by atoms with E-state index in [2.05, 4.69) is 143 Å². The molecule has 0 N–H and O–H groups in total. The van der Waals surface area contributed by atoms with Crippen molar-refractivity contribution in [2.24, 2.45) is 17.8 Å². The van der Waals surface area contributed by atoms with Gasteiger partial charge in [0.05, 0.1) is 0 Å². The first kappa shape index (κ1) is 42.1. The predicted octanol–water partition coefficient (Wildman–Crippen LogP) is 12.8. The average molecular weight is 981 g/mol. The van der Waals surface area contributed by atoms with E-state index in [1.54, 1.807) is 0 Å². The fraction of sp³-hybridized carbons (Fsp3) is 0.267. The van der Waals surface area contributed by atoms with Crippen molar-refractivity contribution < 1.29 is 20.1 Å². The molecule has 0 aliphatic carbocycles. The van der Waals surface area contributed by atoms with Crippen LogP contribution in [0.25, 0.3) is 33.8 Å². The molecular formula is C45H46Br2IrN3. The van der Waals surface area contributed by atoms with E-state index in [4.69, 9.17) is 0 Å². The largest absolute Gasteiger partial charge is 3.00 e. The molecule has 6 heteroatoms. The standard InChI is InChI=1S/2C15H15BrN.C15H16N.Ir/c2*1-11(2)8-12-6-7-17-15(9-12)13-4-3-5-14(16)10-13;1-12(2)10-13-8-9-16-15(11-13)14-6-4-3-5-7-14;/h2*3,5-7,9-11H,8H2,1-2H3;3-6,8-9,11-12H,10H2,1-2H3;/q3*-1;+3. The summed E-state index contributed by atoms with van der Waals surface area (Å²) < 4.78 is 2.12. The number of halogens is 2. The Hall–Kier alpha value is -3.28. The molecule has 0 saturated heterocycles. The van der Waals surface area contributed by atoms with Crippen molar-refractivity contribution in [1.82, 2.24) is 15.0 Å². The normalized spacial score (nSPS) is 10.6. The van der Waals surface area contributed by atoms with E-state index in [1.165, 1.54) is 16.7 Å². The molecule has 0 atom stereocenters. The third-order valence-electron chi connectivity index (χ3n) is 7.47. The molecular weight excluding hydrogens is 935 g/mol. The smallest absolute Gasteiger partial charge is 0.305 e. The molecule has 3 nitrogen and oxygen atoms in total. The van der Waals surface area contributed by atoms with Gasteiger partial charge >= 0.3 is 20.1 Å². The molecule has 3 aromatic carbocycles. The third kappa shape index (κ3) is 15.1. The van der Waals surface area contributed by atoms with E-state index in [0.717, 1.165) is 62.0 Å². The minimum Gasteiger partial charge on any atom is -0.305 e. The Kier molecular flexibility index (Phi) is 18.1. The first-order chi connectivity index (χ1) is 24.0. The number of pyridine rings is 3. The molecule has 0 amide bonds. The summed E-state index contributed by atoms with van der Waals surface area (Å²) in [7, 11) is 0. The minimum absolute atomic E-state index is 0. The summed E-state index contributed by atoms with van der Waals surface area (Å²) in [5, 5.41) is 0. The molecule has 0 saturated carbocycles. The Morgan fingerprint density at radius 1 is 0.471 bits per heavy atom. The maximum Gasteiger partial charge on any atom is 3.00 e. The quantitative estimate of drug-likeness (QED) is 0.136. The van der Waals surface area contributed by atoms with Crippen LogP contribution in [-0.4, -0.2) is 15.0 Å². The monoisotopic (exact) mass is 979 g/mol. The summed E-state index contributed by atoms with van der Waals surface area (Å²) >= 11 is 6.94. The van der Waals surface area contributed by atoms with E-state index in [9.17, 15) is 0 Å². The molecule has 3 aromatic heterocycles. The minimum atomic E-state index is 0. The predicted molar refractivity (Wildman–Crippen MR) is 217 cm³/mol. The van der Waals surface area contributed by atoms with Crippen LogP contribution >= 0.6 is 31.9 Å². The molecule has 6 rings (SSSR count). The van der Waals surface area contributed by atoms with Gasteiger partial charge in [0.2, 0.25) is 0 Å². The van der Waals surface area contributed by atoms with Crippen molar-refractivity contribution in [3.8, 4) is 33.8 Å². The van der Waals surface area contributed by atoms with Gasteiger partial charge in [-0.1, -0.05) is 117 Å².